The summed E-state index contributed by atoms with van der Waals surface area (Å²) >= 11 is 0. The fourth-order valence-electron chi connectivity index (χ4n) is 7.21. The van der Waals surface area contributed by atoms with E-state index in [1.54, 1.807) is 0 Å². The van der Waals surface area contributed by atoms with Gasteiger partial charge in [0.05, 0.1) is 0 Å². The van der Waals surface area contributed by atoms with E-state index in [9.17, 15) is 14.4 Å². The van der Waals surface area contributed by atoms with Gasteiger partial charge in [-0.1, -0.05) is 224 Å². The Morgan fingerprint density at radius 3 is 0.849 bits per heavy atom. The van der Waals surface area contributed by atoms with Gasteiger partial charge in [-0.3, -0.25) is 14.4 Å². The molecule has 0 radical (unpaired) electrons. The fourth-order valence-corrected chi connectivity index (χ4v) is 7.21. The van der Waals surface area contributed by atoms with Crippen molar-refractivity contribution in [1.29, 1.82) is 0 Å². The lowest BCUT2D eigenvalue weighted by Gasteiger charge is -2.18. The molecule has 0 saturated heterocycles. The molecule has 1 unspecified atom stereocenters. The molecule has 0 aromatic rings. The van der Waals surface area contributed by atoms with Crippen molar-refractivity contribution in [2.75, 3.05) is 13.2 Å². The molecule has 0 fully saturated rings. The van der Waals surface area contributed by atoms with Gasteiger partial charge in [0, 0.05) is 19.3 Å². The van der Waals surface area contributed by atoms with Crippen molar-refractivity contribution in [1.82, 2.24) is 0 Å². The SMILES string of the molecule is CC/C=C\C/C=C\C/C=C\C/C=C\C/C=C\C/C=C\CCCCCCC(=O)OCC(COC(=O)CCCCCCC/C=C\C/C=C\CCC)OC(=O)CCCCC/C=C\C/C=C\C/C=C\C/C=C\C/C=C\CC. The summed E-state index contributed by atoms with van der Waals surface area (Å²) in [6, 6.07) is 0. The van der Waals surface area contributed by atoms with Crippen LogP contribution >= 0.6 is 0 Å². The van der Waals surface area contributed by atoms with Gasteiger partial charge in [-0.05, 0) is 141 Å². The maximum atomic E-state index is 12.9. The lowest BCUT2D eigenvalue weighted by atomic mass is 10.1. The number of carbonyl (C=O) groups excluding carboxylic acids is 3. The van der Waals surface area contributed by atoms with Crippen LogP contribution in [0.4, 0.5) is 0 Å². The Morgan fingerprint density at radius 1 is 0.288 bits per heavy atom. The molecule has 0 aromatic heterocycles. The first kappa shape index (κ1) is 68.0. The summed E-state index contributed by atoms with van der Waals surface area (Å²) in [6.07, 6.45) is 86.6. The zero-order chi connectivity index (χ0) is 52.9. The van der Waals surface area contributed by atoms with E-state index < -0.39 is 6.10 Å². The van der Waals surface area contributed by atoms with Crippen molar-refractivity contribution in [2.24, 2.45) is 0 Å². The maximum absolute atomic E-state index is 12.9. The molecule has 73 heavy (non-hydrogen) atoms. The van der Waals surface area contributed by atoms with Crippen LogP contribution in [0.15, 0.2) is 158 Å². The molecule has 0 aliphatic heterocycles. The highest BCUT2D eigenvalue weighted by Crippen LogP contribution is 2.12. The summed E-state index contributed by atoms with van der Waals surface area (Å²) in [5.74, 6) is -0.995. The van der Waals surface area contributed by atoms with Gasteiger partial charge in [0.1, 0.15) is 13.2 Å². The molecule has 0 aromatic carbocycles. The van der Waals surface area contributed by atoms with Gasteiger partial charge < -0.3 is 14.2 Å². The molecule has 0 bridgehead atoms. The first-order chi connectivity index (χ1) is 36.0. The second-order valence-electron chi connectivity index (χ2n) is 18.4. The lowest BCUT2D eigenvalue weighted by Crippen LogP contribution is -2.30. The Morgan fingerprint density at radius 2 is 0.534 bits per heavy atom. The van der Waals surface area contributed by atoms with Crippen LogP contribution in [0.1, 0.15) is 226 Å². The number of carbonyl (C=O) groups is 3. The summed E-state index contributed by atoms with van der Waals surface area (Å²) in [6.45, 7) is 6.27. The number of hydrogen-bond donors (Lipinski definition) is 0. The van der Waals surface area contributed by atoms with Crippen LogP contribution in [-0.2, 0) is 28.6 Å². The molecular formula is C67H104O6. The van der Waals surface area contributed by atoms with Gasteiger partial charge in [-0.15, -0.1) is 0 Å². The summed E-state index contributed by atoms with van der Waals surface area (Å²) in [5.41, 5.74) is 0. The van der Waals surface area contributed by atoms with Crippen LogP contribution in [0.3, 0.4) is 0 Å². The zero-order valence-electron chi connectivity index (χ0n) is 46.6. The van der Waals surface area contributed by atoms with E-state index in [1.165, 1.54) is 6.42 Å². The maximum Gasteiger partial charge on any atom is 0.306 e. The van der Waals surface area contributed by atoms with Crippen LogP contribution in [0.5, 0.6) is 0 Å². The highest BCUT2D eigenvalue weighted by molar-refractivity contribution is 5.71. The van der Waals surface area contributed by atoms with E-state index in [4.69, 9.17) is 14.2 Å². The second kappa shape index (κ2) is 59.6. The molecule has 6 heteroatoms. The fraction of sp³-hybridized carbons (Fsp3) is 0.567. The normalized spacial score (nSPS) is 13.3. The average molecular weight is 1010 g/mol. The van der Waals surface area contributed by atoms with E-state index in [0.717, 1.165) is 173 Å². The molecule has 0 spiro atoms. The smallest absolute Gasteiger partial charge is 0.306 e. The quantitative estimate of drug-likeness (QED) is 0.0261. The molecule has 0 saturated carbocycles. The monoisotopic (exact) mass is 1000 g/mol. The molecule has 0 heterocycles. The Labute approximate surface area is 448 Å². The van der Waals surface area contributed by atoms with Crippen molar-refractivity contribution < 1.29 is 28.6 Å². The van der Waals surface area contributed by atoms with Crippen LogP contribution in [0.25, 0.3) is 0 Å². The third-order valence-corrected chi connectivity index (χ3v) is 11.5. The number of unbranched alkanes of at least 4 members (excludes halogenated alkanes) is 13. The first-order valence-corrected chi connectivity index (χ1v) is 29.0. The minimum absolute atomic E-state index is 0.115. The van der Waals surface area contributed by atoms with E-state index >= 15 is 0 Å². The topological polar surface area (TPSA) is 78.9 Å². The predicted octanol–water partition coefficient (Wildman–Crippen LogP) is 19.8. The van der Waals surface area contributed by atoms with E-state index in [0.29, 0.717) is 19.3 Å². The minimum atomic E-state index is -0.821. The largest absolute Gasteiger partial charge is 0.462 e. The van der Waals surface area contributed by atoms with Crippen molar-refractivity contribution in [3.8, 4) is 0 Å². The van der Waals surface area contributed by atoms with Gasteiger partial charge in [0.15, 0.2) is 6.10 Å². The molecule has 0 aliphatic carbocycles. The highest BCUT2D eigenvalue weighted by atomic mass is 16.6. The highest BCUT2D eigenvalue weighted by Gasteiger charge is 2.19. The standard InChI is InChI=1S/C67H104O6/c1-4-7-10-13-16-19-22-25-27-29-31-32-33-34-36-37-39-42-45-48-51-54-57-60-66(69)72-63-64(62-71-65(68)59-56-53-50-47-44-41-24-21-18-15-12-9-6-3)73-67(70)61-58-55-52-49-46-43-40-38-35-30-28-26-23-20-17-14-11-8-5-2/h7-8,10-12,15-17,19-21,24-28,31-32,34-36,38-39,42-43,46,64H,4-6,9,13-14,18,22-23,29-30,33,37,40-41,44-45,47-63H2,1-3H3/b10-7-,11-8-,15-12-,19-16-,20-17-,24-21-,27-25-,28-26-,32-31-,36-34-,38-35-,42-39-,46-43-. The Kier molecular flexibility index (Phi) is 55.5. The number of ether oxygens (including phenoxy) is 3. The molecular weight excluding hydrogens is 901 g/mol. The predicted molar refractivity (Wildman–Crippen MR) is 315 cm³/mol. The van der Waals surface area contributed by atoms with Crippen molar-refractivity contribution in [3.63, 3.8) is 0 Å². The van der Waals surface area contributed by atoms with Crippen molar-refractivity contribution in [2.45, 2.75) is 232 Å². The number of esters is 3. The van der Waals surface area contributed by atoms with Crippen LogP contribution in [0, 0.1) is 0 Å². The summed E-state index contributed by atoms with van der Waals surface area (Å²) < 4.78 is 16.8. The summed E-state index contributed by atoms with van der Waals surface area (Å²) in [7, 11) is 0. The van der Waals surface area contributed by atoms with E-state index in [-0.39, 0.29) is 37.5 Å². The third kappa shape index (κ3) is 57.8. The van der Waals surface area contributed by atoms with Gasteiger partial charge >= 0.3 is 17.9 Å². The average Bonchev–Trinajstić information content (AvgIpc) is 3.39. The Bertz CT molecular complexity index is 1670. The molecule has 0 aliphatic rings. The van der Waals surface area contributed by atoms with Crippen LogP contribution < -0.4 is 0 Å². The van der Waals surface area contributed by atoms with Crippen LogP contribution in [-0.4, -0.2) is 37.2 Å². The Balaban J connectivity index is 4.52. The van der Waals surface area contributed by atoms with Crippen molar-refractivity contribution >= 4 is 17.9 Å². The molecule has 0 rings (SSSR count). The van der Waals surface area contributed by atoms with Gasteiger partial charge in [0.25, 0.3) is 0 Å². The molecule has 408 valence electrons. The zero-order valence-corrected chi connectivity index (χ0v) is 46.6. The minimum Gasteiger partial charge on any atom is -0.462 e. The second-order valence-corrected chi connectivity index (χ2v) is 18.4. The summed E-state index contributed by atoms with van der Waals surface area (Å²) in [4.78, 5) is 38.2. The van der Waals surface area contributed by atoms with Gasteiger partial charge in [-0.25, -0.2) is 0 Å². The Hall–Kier alpha value is -4.97. The summed E-state index contributed by atoms with van der Waals surface area (Å²) in [5, 5.41) is 0. The molecule has 1 atom stereocenters. The number of hydrogen-bond acceptors (Lipinski definition) is 6. The van der Waals surface area contributed by atoms with Gasteiger partial charge in [-0.2, -0.15) is 0 Å². The third-order valence-electron chi connectivity index (χ3n) is 11.5. The molecule has 0 amide bonds. The van der Waals surface area contributed by atoms with Crippen molar-refractivity contribution in [3.05, 3.63) is 158 Å². The number of rotatable bonds is 50. The van der Waals surface area contributed by atoms with E-state index in [1.807, 2.05) is 0 Å². The molecule has 0 N–H and O–H groups in total. The van der Waals surface area contributed by atoms with Gasteiger partial charge in [0.2, 0.25) is 0 Å². The molecule has 6 nitrogen and oxygen atoms in total. The first-order valence-electron chi connectivity index (χ1n) is 29.0. The number of allylic oxidation sites excluding steroid dienone is 26. The van der Waals surface area contributed by atoms with Crippen LogP contribution in [0.2, 0.25) is 0 Å². The lowest BCUT2D eigenvalue weighted by molar-refractivity contribution is -0.167. The van der Waals surface area contributed by atoms with E-state index in [2.05, 4.69) is 179 Å².